The van der Waals surface area contributed by atoms with Gasteiger partial charge in [-0.05, 0) is 35.2 Å². The molecule has 1 aliphatic heterocycles. The molecule has 23 heavy (non-hydrogen) atoms. The van der Waals surface area contributed by atoms with Crippen LogP contribution in [0, 0.1) is 0 Å². The molecule has 0 spiro atoms. The van der Waals surface area contributed by atoms with Crippen molar-refractivity contribution in [2.24, 2.45) is 0 Å². The normalized spacial score (nSPS) is 13.4. The number of rotatable bonds is 4. The lowest BCUT2D eigenvalue weighted by Crippen LogP contribution is -2.36. The molecule has 3 rings (SSSR count). The number of nitrogens with zero attached hydrogens (tertiary/aromatic N) is 1. The molecular formula is C19H21NO3. The fourth-order valence-electron chi connectivity index (χ4n) is 2.99. The van der Waals surface area contributed by atoms with Crippen molar-refractivity contribution < 1.29 is 14.3 Å². The van der Waals surface area contributed by atoms with Gasteiger partial charge < -0.3 is 14.4 Å². The van der Waals surface area contributed by atoms with Crippen molar-refractivity contribution >= 4 is 5.91 Å². The molecule has 4 heteroatoms. The van der Waals surface area contributed by atoms with E-state index in [0.717, 1.165) is 18.5 Å². The number of benzene rings is 2. The molecule has 0 N–H and O–H groups in total. The van der Waals surface area contributed by atoms with Crippen LogP contribution in [-0.4, -0.2) is 31.6 Å². The average Bonchev–Trinajstić information content (AvgIpc) is 2.61. The van der Waals surface area contributed by atoms with Gasteiger partial charge in [-0.25, -0.2) is 0 Å². The molecule has 0 aliphatic carbocycles. The number of ether oxygens (including phenoxy) is 2. The van der Waals surface area contributed by atoms with E-state index in [0.29, 0.717) is 24.5 Å². The van der Waals surface area contributed by atoms with Crippen molar-refractivity contribution in [1.82, 2.24) is 4.90 Å². The van der Waals surface area contributed by atoms with Crippen molar-refractivity contribution in [3.05, 3.63) is 59.2 Å². The minimum Gasteiger partial charge on any atom is -0.493 e. The lowest BCUT2D eigenvalue weighted by molar-refractivity contribution is -0.131. The van der Waals surface area contributed by atoms with Gasteiger partial charge in [0.25, 0.3) is 0 Å². The Morgan fingerprint density at radius 1 is 1.04 bits per heavy atom. The number of methoxy groups -OCH3 is 2. The second kappa shape index (κ2) is 6.73. The molecule has 1 heterocycles. The maximum atomic E-state index is 12.6. The van der Waals surface area contributed by atoms with Crippen molar-refractivity contribution in [3.8, 4) is 11.5 Å². The van der Waals surface area contributed by atoms with Crippen LogP contribution in [-0.2, 0) is 24.2 Å². The standard InChI is InChI=1S/C19H21NO3/c1-22-17-8-7-14(11-18(17)23-2)12-19(21)20-10-9-15-5-3-4-6-16(15)13-20/h3-8,11H,9-10,12-13H2,1-2H3. The van der Waals surface area contributed by atoms with E-state index in [1.807, 2.05) is 29.2 Å². The lowest BCUT2D eigenvalue weighted by atomic mass is 9.99. The predicted molar refractivity (Wildman–Crippen MR) is 88.8 cm³/mol. The first kappa shape index (κ1) is 15.4. The van der Waals surface area contributed by atoms with Crippen LogP contribution in [0.2, 0.25) is 0 Å². The summed E-state index contributed by atoms with van der Waals surface area (Å²) in [5.41, 5.74) is 3.54. The topological polar surface area (TPSA) is 38.8 Å². The van der Waals surface area contributed by atoms with Crippen LogP contribution in [0.4, 0.5) is 0 Å². The van der Waals surface area contributed by atoms with E-state index in [4.69, 9.17) is 9.47 Å². The average molecular weight is 311 g/mol. The zero-order chi connectivity index (χ0) is 16.2. The molecule has 0 bridgehead atoms. The molecule has 2 aromatic carbocycles. The number of carbonyl (C=O) groups is 1. The van der Waals surface area contributed by atoms with E-state index in [9.17, 15) is 4.79 Å². The van der Waals surface area contributed by atoms with E-state index >= 15 is 0 Å². The lowest BCUT2D eigenvalue weighted by Gasteiger charge is -2.29. The minimum absolute atomic E-state index is 0.145. The summed E-state index contributed by atoms with van der Waals surface area (Å²) >= 11 is 0. The Balaban J connectivity index is 1.70. The number of amides is 1. The highest BCUT2D eigenvalue weighted by atomic mass is 16.5. The van der Waals surface area contributed by atoms with Gasteiger partial charge in [-0.3, -0.25) is 4.79 Å². The highest BCUT2D eigenvalue weighted by Gasteiger charge is 2.20. The van der Waals surface area contributed by atoms with Gasteiger partial charge in [-0.15, -0.1) is 0 Å². The minimum atomic E-state index is 0.145. The Hall–Kier alpha value is -2.49. The van der Waals surface area contributed by atoms with Gasteiger partial charge in [0.2, 0.25) is 5.91 Å². The van der Waals surface area contributed by atoms with Gasteiger partial charge >= 0.3 is 0 Å². The number of carbonyl (C=O) groups excluding carboxylic acids is 1. The maximum absolute atomic E-state index is 12.6. The summed E-state index contributed by atoms with van der Waals surface area (Å²) < 4.78 is 10.5. The van der Waals surface area contributed by atoms with E-state index in [2.05, 4.69) is 18.2 Å². The highest BCUT2D eigenvalue weighted by Crippen LogP contribution is 2.28. The molecule has 0 aromatic heterocycles. The van der Waals surface area contributed by atoms with Gasteiger partial charge in [-0.2, -0.15) is 0 Å². The first-order chi connectivity index (χ1) is 11.2. The third kappa shape index (κ3) is 3.31. The molecule has 2 aromatic rings. The molecule has 0 saturated heterocycles. The second-order valence-electron chi connectivity index (χ2n) is 5.70. The third-order valence-corrected chi connectivity index (χ3v) is 4.29. The Kier molecular flexibility index (Phi) is 4.51. The Morgan fingerprint density at radius 2 is 1.78 bits per heavy atom. The molecule has 1 aliphatic rings. The van der Waals surface area contributed by atoms with Gasteiger partial charge in [0.15, 0.2) is 11.5 Å². The molecule has 4 nitrogen and oxygen atoms in total. The van der Waals surface area contributed by atoms with Crippen LogP contribution in [0.25, 0.3) is 0 Å². The van der Waals surface area contributed by atoms with Crippen LogP contribution in [0.1, 0.15) is 16.7 Å². The highest BCUT2D eigenvalue weighted by molar-refractivity contribution is 5.79. The van der Waals surface area contributed by atoms with Gasteiger partial charge in [0, 0.05) is 13.1 Å². The number of hydrogen-bond donors (Lipinski definition) is 0. The van der Waals surface area contributed by atoms with Crippen LogP contribution >= 0.6 is 0 Å². The van der Waals surface area contributed by atoms with Crippen LogP contribution in [0.5, 0.6) is 11.5 Å². The summed E-state index contributed by atoms with van der Waals surface area (Å²) in [6.07, 6.45) is 1.30. The Morgan fingerprint density at radius 3 is 2.52 bits per heavy atom. The third-order valence-electron chi connectivity index (χ3n) is 4.29. The summed E-state index contributed by atoms with van der Waals surface area (Å²) in [7, 11) is 3.21. The monoisotopic (exact) mass is 311 g/mol. The maximum Gasteiger partial charge on any atom is 0.227 e. The van der Waals surface area contributed by atoms with Crippen molar-refractivity contribution in [2.75, 3.05) is 20.8 Å². The molecule has 0 saturated carbocycles. The van der Waals surface area contributed by atoms with E-state index < -0.39 is 0 Å². The van der Waals surface area contributed by atoms with E-state index in [1.54, 1.807) is 14.2 Å². The summed E-state index contributed by atoms with van der Waals surface area (Å²) in [5.74, 6) is 1.48. The zero-order valence-electron chi connectivity index (χ0n) is 13.5. The van der Waals surface area contributed by atoms with Gasteiger partial charge in [0.05, 0.1) is 20.6 Å². The van der Waals surface area contributed by atoms with Gasteiger partial charge in [0.1, 0.15) is 0 Å². The first-order valence-electron chi connectivity index (χ1n) is 7.76. The summed E-state index contributed by atoms with van der Waals surface area (Å²) in [4.78, 5) is 14.5. The van der Waals surface area contributed by atoms with Gasteiger partial charge in [-0.1, -0.05) is 30.3 Å². The SMILES string of the molecule is COc1ccc(CC(=O)N2CCc3ccccc3C2)cc1OC. The van der Waals surface area contributed by atoms with Crippen molar-refractivity contribution in [3.63, 3.8) is 0 Å². The molecule has 0 radical (unpaired) electrons. The van der Waals surface area contributed by atoms with Crippen LogP contribution < -0.4 is 9.47 Å². The smallest absolute Gasteiger partial charge is 0.227 e. The largest absolute Gasteiger partial charge is 0.493 e. The van der Waals surface area contributed by atoms with E-state index in [1.165, 1.54) is 11.1 Å². The summed E-state index contributed by atoms with van der Waals surface area (Å²) in [5, 5.41) is 0. The Labute approximate surface area is 136 Å². The molecular weight excluding hydrogens is 290 g/mol. The second-order valence-corrected chi connectivity index (χ2v) is 5.70. The first-order valence-corrected chi connectivity index (χ1v) is 7.76. The van der Waals surface area contributed by atoms with Crippen molar-refractivity contribution in [2.45, 2.75) is 19.4 Å². The van der Waals surface area contributed by atoms with E-state index in [-0.39, 0.29) is 5.91 Å². The fourth-order valence-corrected chi connectivity index (χ4v) is 2.99. The summed E-state index contributed by atoms with van der Waals surface area (Å²) in [6, 6.07) is 14.0. The fraction of sp³-hybridized carbons (Fsp3) is 0.316. The summed E-state index contributed by atoms with van der Waals surface area (Å²) in [6.45, 7) is 1.48. The van der Waals surface area contributed by atoms with Crippen LogP contribution in [0.15, 0.2) is 42.5 Å². The Bertz CT molecular complexity index is 712. The molecule has 0 atom stereocenters. The number of hydrogen-bond acceptors (Lipinski definition) is 3. The van der Waals surface area contributed by atoms with Crippen molar-refractivity contribution in [1.29, 1.82) is 0 Å². The predicted octanol–water partition coefficient (Wildman–Crippen LogP) is 2.83. The van der Waals surface area contributed by atoms with Crippen LogP contribution in [0.3, 0.4) is 0 Å². The quantitative estimate of drug-likeness (QED) is 0.871. The zero-order valence-corrected chi connectivity index (χ0v) is 13.5. The molecule has 120 valence electrons. The molecule has 0 unspecified atom stereocenters. The number of fused-ring (bicyclic) bond motifs is 1. The molecule has 1 amide bonds. The molecule has 0 fully saturated rings.